The molecular formula is C16H26N2O2S. The minimum absolute atomic E-state index is 0.0171. The van der Waals surface area contributed by atoms with Gasteiger partial charge in [0, 0.05) is 24.1 Å². The number of thioether (sulfide) groups is 1. The van der Waals surface area contributed by atoms with Gasteiger partial charge in [-0.15, -0.1) is 0 Å². The zero-order chi connectivity index (χ0) is 15.8. The molecular weight excluding hydrogens is 284 g/mol. The highest BCUT2D eigenvalue weighted by Crippen LogP contribution is 2.27. The van der Waals surface area contributed by atoms with Crippen molar-refractivity contribution in [3.63, 3.8) is 0 Å². The molecule has 1 unspecified atom stereocenters. The Morgan fingerprint density at radius 2 is 2.10 bits per heavy atom. The fourth-order valence-electron chi connectivity index (χ4n) is 2.23. The van der Waals surface area contributed by atoms with E-state index in [4.69, 9.17) is 5.11 Å². The lowest BCUT2D eigenvalue weighted by atomic mass is 9.98. The number of aliphatic hydroxyl groups is 1. The molecule has 0 heterocycles. The van der Waals surface area contributed by atoms with Gasteiger partial charge >= 0.3 is 6.03 Å². The number of nitrogens with one attached hydrogen (secondary N) is 2. The minimum Gasteiger partial charge on any atom is -0.396 e. The summed E-state index contributed by atoms with van der Waals surface area (Å²) in [7, 11) is 0. The van der Waals surface area contributed by atoms with Crippen LogP contribution in [-0.2, 0) is 0 Å². The Labute approximate surface area is 131 Å². The molecule has 1 aromatic carbocycles. The molecule has 1 aromatic rings. The Balaban J connectivity index is 2.78. The number of benzene rings is 1. The number of hydrogen-bond donors (Lipinski definition) is 3. The summed E-state index contributed by atoms with van der Waals surface area (Å²) >= 11 is 1.66. The second kappa shape index (κ2) is 8.95. The maximum Gasteiger partial charge on any atom is 0.319 e. The van der Waals surface area contributed by atoms with Gasteiger partial charge in [-0.3, -0.25) is 0 Å². The number of carbonyl (C=O) groups excluding carboxylic acids is 1. The van der Waals surface area contributed by atoms with E-state index in [-0.39, 0.29) is 18.7 Å². The van der Waals surface area contributed by atoms with Crippen molar-refractivity contribution in [1.29, 1.82) is 0 Å². The van der Waals surface area contributed by atoms with Crippen molar-refractivity contribution in [2.75, 3.05) is 23.9 Å². The smallest absolute Gasteiger partial charge is 0.319 e. The molecule has 4 nitrogen and oxygen atoms in total. The highest BCUT2D eigenvalue weighted by Gasteiger charge is 2.15. The summed E-state index contributed by atoms with van der Waals surface area (Å²) in [6, 6.07) is 5.82. The second-order valence-electron chi connectivity index (χ2n) is 5.46. The van der Waals surface area contributed by atoms with Crippen LogP contribution in [0.3, 0.4) is 0 Å². The van der Waals surface area contributed by atoms with Gasteiger partial charge in [-0.05, 0) is 36.6 Å². The summed E-state index contributed by atoms with van der Waals surface area (Å²) in [5.41, 5.74) is 3.07. The molecule has 0 aliphatic rings. The van der Waals surface area contributed by atoms with E-state index in [9.17, 15) is 4.79 Å². The first-order chi connectivity index (χ1) is 9.99. The van der Waals surface area contributed by atoms with Crippen molar-refractivity contribution in [1.82, 2.24) is 5.32 Å². The van der Waals surface area contributed by atoms with Crippen LogP contribution in [0.25, 0.3) is 0 Å². The molecule has 0 spiro atoms. The maximum atomic E-state index is 12.2. The number of aliphatic hydroxyl groups excluding tert-OH is 1. The van der Waals surface area contributed by atoms with Crippen molar-refractivity contribution >= 4 is 23.5 Å². The first-order valence-electron chi connectivity index (χ1n) is 7.26. The summed E-state index contributed by atoms with van der Waals surface area (Å²) in [5.74, 6) is 1.14. The molecule has 1 atom stereocenters. The average Bonchev–Trinajstić information content (AvgIpc) is 2.41. The van der Waals surface area contributed by atoms with Crippen LogP contribution in [0.15, 0.2) is 18.2 Å². The van der Waals surface area contributed by atoms with Gasteiger partial charge in [0.15, 0.2) is 0 Å². The van der Waals surface area contributed by atoms with E-state index in [0.717, 1.165) is 22.6 Å². The highest BCUT2D eigenvalue weighted by molar-refractivity contribution is 7.98. The van der Waals surface area contributed by atoms with Crippen molar-refractivity contribution < 1.29 is 9.90 Å². The normalized spacial score (nSPS) is 12.3. The number of anilines is 1. The SMILES string of the molecule is CSCC(CCO)NC(=O)Nc1c(C)cccc1C(C)C. The van der Waals surface area contributed by atoms with Crippen LogP contribution in [0.4, 0.5) is 10.5 Å². The summed E-state index contributed by atoms with van der Waals surface area (Å²) in [4.78, 5) is 12.2. The average molecular weight is 310 g/mol. The Hall–Kier alpha value is -1.20. The maximum absolute atomic E-state index is 12.2. The van der Waals surface area contributed by atoms with Gasteiger partial charge < -0.3 is 15.7 Å². The molecule has 0 saturated carbocycles. The highest BCUT2D eigenvalue weighted by atomic mass is 32.2. The molecule has 5 heteroatoms. The van der Waals surface area contributed by atoms with Crippen molar-refractivity contribution in [3.8, 4) is 0 Å². The molecule has 3 N–H and O–H groups in total. The number of aryl methyl sites for hydroxylation is 1. The van der Waals surface area contributed by atoms with Gasteiger partial charge in [0.2, 0.25) is 0 Å². The van der Waals surface area contributed by atoms with Crippen LogP contribution < -0.4 is 10.6 Å². The van der Waals surface area contributed by atoms with Gasteiger partial charge in [-0.2, -0.15) is 11.8 Å². The van der Waals surface area contributed by atoms with E-state index >= 15 is 0 Å². The van der Waals surface area contributed by atoms with Gasteiger partial charge in [-0.1, -0.05) is 32.0 Å². The van der Waals surface area contributed by atoms with Crippen molar-refractivity contribution in [2.24, 2.45) is 0 Å². The lowest BCUT2D eigenvalue weighted by molar-refractivity contribution is 0.241. The Bertz CT molecular complexity index is 458. The van der Waals surface area contributed by atoms with Crippen molar-refractivity contribution in [2.45, 2.75) is 39.2 Å². The predicted molar refractivity (Wildman–Crippen MR) is 91.3 cm³/mol. The number of rotatable bonds is 7. The Morgan fingerprint density at radius 3 is 2.67 bits per heavy atom. The molecule has 0 fully saturated rings. The Morgan fingerprint density at radius 1 is 1.38 bits per heavy atom. The van der Waals surface area contributed by atoms with E-state index in [0.29, 0.717) is 12.3 Å². The third-order valence-corrected chi connectivity index (χ3v) is 4.08. The Kier molecular flexibility index (Phi) is 7.61. The van der Waals surface area contributed by atoms with E-state index in [1.165, 1.54) is 0 Å². The van der Waals surface area contributed by atoms with Gasteiger partial charge in [0.25, 0.3) is 0 Å². The third-order valence-electron chi connectivity index (χ3n) is 3.35. The third kappa shape index (κ3) is 5.59. The molecule has 0 aliphatic carbocycles. The summed E-state index contributed by atoms with van der Waals surface area (Å²) < 4.78 is 0. The van der Waals surface area contributed by atoms with E-state index in [1.54, 1.807) is 11.8 Å². The number of amides is 2. The fraction of sp³-hybridized carbons (Fsp3) is 0.562. The van der Waals surface area contributed by atoms with Gasteiger partial charge in [0.05, 0.1) is 0 Å². The first-order valence-corrected chi connectivity index (χ1v) is 8.65. The molecule has 0 aromatic heterocycles. The predicted octanol–water partition coefficient (Wildman–Crippen LogP) is 3.35. The van der Waals surface area contributed by atoms with Crippen LogP contribution in [0, 0.1) is 6.92 Å². The topological polar surface area (TPSA) is 61.4 Å². The number of hydrogen-bond acceptors (Lipinski definition) is 3. The minimum atomic E-state index is -0.210. The lowest BCUT2D eigenvalue weighted by Crippen LogP contribution is -2.40. The van der Waals surface area contributed by atoms with E-state index in [1.807, 2.05) is 31.4 Å². The zero-order valence-electron chi connectivity index (χ0n) is 13.3. The monoisotopic (exact) mass is 310 g/mol. The first kappa shape index (κ1) is 17.9. The molecule has 0 saturated heterocycles. The van der Waals surface area contributed by atoms with Gasteiger partial charge in [-0.25, -0.2) is 4.79 Å². The number of para-hydroxylation sites is 1. The summed E-state index contributed by atoms with van der Waals surface area (Å²) in [5, 5.41) is 14.9. The molecule has 2 amide bonds. The van der Waals surface area contributed by atoms with Crippen LogP contribution in [0.1, 0.15) is 37.3 Å². The fourth-order valence-corrected chi connectivity index (χ4v) is 2.88. The summed E-state index contributed by atoms with van der Waals surface area (Å²) in [6.07, 6.45) is 2.56. The van der Waals surface area contributed by atoms with Crippen LogP contribution in [0.5, 0.6) is 0 Å². The quantitative estimate of drug-likeness (QED) is 0.724. The molecule has 21 heavy (non-hydrogen) atoms. The summed E-state index contributed by atoms with van der Waals surface area (Å²) in [6.45, 7) is 6.29. The van der Waals surface area contributed by atoms with Crippen LogP contribution >= 0.6 is 11.8 Å². The van der Waals surface area contributed by atoms with Gasteiger partial charge in [0.1, 0.15) is 0 Å². The largest absolute Gasteiger partial charge is 0.396 e. The number of urea groups is 1. The molecule has 0 radical (unpaired) electrons. The van der Waals surface area contributed by atoms with E-state index < -0.39 is 0 Å². The number of carbonyl (C=O) groups is 1. The van der Waals surface area contributed by atoms with Crippen LogP contribution in [-0.4, -0.2) is 35.8 Å². The van der Waals surface area contributed by atoms with Crippen molar-refractivity contribution in [3.05, 3.63) is 29.3 Å². The van der Waals surface area contributed by atoms with E-state index in [2.05, 4.69) is 24.5 Å². The lowest BCUT2D eigenvalue weighted by Gasteiger charge is -2.20. The standard InChI is InChI=1S/C16H26N2O2S/c1-11(2)14-7-5-6-12(3)15(14)18-16(20)17-13(8-9-19)10-21-4/h5-7,11,13,19H,8-10H2,1-4H3,(H2,17,18,20). The molecule has 0 bridgehead atoms. The second-order valence-corrected chi connectivity index (χ2v) is 6.37. The van der Waals surface area contributed by atoms with Crippen LogP contribution in [0.2, 0.25) is 0 Å². The molecule has 0 aliphatic heterocycles. The zero-order valence-corrected chi connectivity index (χ0v) is 14.1. The molecule has 1 rings (SSSR count). The molecule has 118 valence electrons.